The van der Waals surface area contributed by atoms with Crippen LogP contribution in [0.3, 0.4) is 0 Å². The lowest BCUT2D eigenvalue weighted by Crippen LogP contribution is -2.37. The highest BCUT2D eigenvalue weighted by molar-refractivity contribution is 5.76. The van der Waals surface area contributed by atoms with Gasteiger partial charge in [0.1, 0.15) is 5.72 Å². The maximum atomic E-state index is 9.51. The molecule has 15 heavy (non-hydrogen) atoms. The van der Waals surface area contributed by atoms with Crippen LogP contribution in [-0.4, -0.2) is 10.8 Å². The lowest BCUT2D eigenvalue weighted by Gasteiger charge is -2.21. The summed E-state index contributed by atoms with van der Waals surface area (Å²) in [4.78, 5) is 0. The predicted molar refractivity (Wildman–Crippen MR) is 61.7 cm³/mol. The van der Waals surface area contributed by atoms with E-state index in [9.17, 15) is 5.11 Å². The molecular formula is C12H14N2O. The Balaban J connectivity index is 2.24. The van der Waals surface area contributed by atoms with Crippen LogP contribution in [0.25, 0.3) is 5.57 Å². The van der Waals surface area contributed by atoms with E-state index < -0.39 is 5.72 Å². The zero-order chi connectivity index (χ0) is 10.9. The lowest BCUT2D eigenvalue weighted by molar-refractivity contribution is 0.101. The Morgan fingerprint density at radius 3 is 2.40 bits per heavy atom. The van der Waals surface area contributed by atoms with Crippen molar-refractivity contribution in [2.75, 3.05) is 5.73 Å². The second-order valence-corrected chi connectivity index (χ2v) is 3.81. The van der Waals surface area contributed by atoms with E-state index >= 15 is 0 Å². The standard InChI is InChI=1S/C12H14N2O/c13-11-3-1-9(2-4-11)10-5-7-12(14,15)8-6-10/h1-7,15H,8,13-14H2. The third kappa shape index (κ3) is 2.26. The first-order chi connectivity index (χ1) is 7.07. The van der Waals surface area contributed by atoms with E-state index in [0.717, 1.165) is 16.8 Å². The molecule has 3 nitrogen and oxygen atoms in total. The Morgan fingerprint density at radius 1 is 1.20 bits per heavy atom. The molecule has 1 aliphatic rings. The highest BCUT2D eigenvalue weighted by Crippen LogP contribution is 2.24. The van der Waals surface area contributed by atoms with Crippen molar-refractivity contribution in [3.63, 3.8) is 0 Å². The molecule has 1 aliphatic carbocycles. The van der Waals surface area contributed by atoms with E-state index in [1.807, 2.05) is 36.4 Å². The SMILES string of the molecule is Nc1ccc(C2=CCC(N)(O)C=C2)cc1. The van der Waals surface area contributed by atoms with E-state index in [2.05, 4.69) is 0 Å². The van der Waals surface area contributed by atoms with Crippen LogP contribution in [0.15, 0.2) is 42.5 Å². The minimum absolute atomic E-state index is 0.434. The molecule has 0 saturated heterocycles. The normalized spacial score (nSPS) is 25.1. The van der Waals surface area contributed by atoms with Gasteiger partial charge in [0.05, 0.1) is 0 Å². The number of hydrogen-bond acceptors (Lipinski definition) is 3. The molecule has 1 aromatic rings. The highest BCUT2D eigenvalue weighted by atomic mass is 16.3. The molecule has 0 aliphatic heterocycles. The summed E-state index contributed by atoms with van der Waals surface area (Å²) in [5.74, 6) is 0. The van der Waals surface area contributed by atoms with Crippen molar-refractivity contribution in [1.82, 2.24) is 0 Å². The first-order valence-electron chi connectivity index (χ1n) is 4.83. The lowest BCUT2D eigenvalue weighted by atomic mass is 9.95. The number of hydrogen-bond donors (Lipinski definition) is 3. The summed E-state index contributed by atoms with van der Waals surface area (Å²) >= 11 is 0. The molecule has 0 saturated carbocycles. The van der Waals surface area contributed by atoms with E-state index in [1.54, 1.807) is 6.08 Å². The van der Waals surface area contributed by atoms with Crippen molar-refractivity contribution in [2.45, 2.75) is 12.1 Å². The van der Waals surface area contributed by atoms with E-state index in [-0.39, 0.29) is 0 Å². The minimum Gasteiger partial charge on any atom is -0.399 e. The molecule has 1 unspecified atom stereocenters. The van der Waals surface area contributed by atoms with Crippen LogP contribution >= 0.6 is 0 Å². The summed E-state index contributed by atoms with van der Waals surface area (Å²) in [6, 6.07) is 7.61. The van der Waals surface area contributed by atoms with Gasteiger partial charge in [-0.3, -0.25) is 0 Å². The van der Waals surface area contributed by atoms with Gasteiger partial charge in [-0.2, -0.15) is 0 Å². The van der Waals surface area contributed by atoms with Crippen molar-refractivity contribution < 1.29 is 5.11 Å². The largest absolute Gasteiger partial charge is 0.399 e. The van der Waals surface area contributed by atoms with Gasteiger partial charge in [0.25, 0.3) is 0 Å². The zero-order valence-electron chi connectivity index (χ0n) is 8.35. The van der Waals surface area contributed by atoms with Crippen LogP contribution in [-0.2, 0) is 0 Å². The van der Waals surface area contributed by atoms with Gasteiger partial charge >= 0.3 is 0 Å². The van der Waals surface area contributed by atoms with Crippen molar-refractivity contribution >= 4 is 11.3 Å². The molecule has 0 spiro atoms. The second kappa shape index (κ2) is 3.53. The fraction of sp³-hybridized carbons (Fsp3) is 0.167. The Hall–Kier alpha value is -1.58. The molecular weight excluding hydrogens is 188 g/mol. The second-order valence-electron chi connectivity index (χ2n) is 3.81. The predicted octanol–water partition coefficient (Wildman–Crippen LogP) is 1.26. The van der Waals surface area contributed by atoms with Gasteiger partial charge in [0.15, 0.2) is 0 Å². The Labute approximate surface area is 88.7 Å². The molecule has 2 rings (SSSR count). The molecule has 0 aromatic heterocycles. The van der Waals surface area contributed by atoms with Gasteiger partial charge in [0, 0.05) is 12.1 Å². The summed E-state index contributed by atoms with van der Waals surface area (Å²) in [5, 5.41) is 9.51. The molecule has 0 fully saturated rings. The number of nitrogen functional groups attached to an aromatic ring is 1. The summed E-state index contributed by atoms with van der Waals surface area (Å²) in [5.41, 5.74) is 12.8. The highest BCUT2D eigenvalue weighted by Gasteiger charge is 2.18. The summed E-state index contributed by atoms with van der Waals surface area (Å²) in [7, 11) is 0. The van der Waals surface area contributed by atoms with Gasteiger partial charge in [0.2, 0.25) is 0 Å². The van der Waals surface area contributed by atoms with Gasteiger partial charge < -0.3 is 16.6 Å². The zero-order valence-corrected chi connectivity index (χ0v) is 8.35. The van der Waals surface area contributed by atoms with Crippen LogP contribution in [0.1, 0.15) is 12.0 Å². The molecule has 0 amide bonds. The van der Waals surface area contributed by atoms with Crippen molar-refractivity contribution in [3.05, 3.63) is 48.1 Å². The van der Waals surface area contributed by atoms with Crippen LogP contribution in [0.5, 0.6) is 0 Å². The monoisotopic (exact) mass is 202 g/mol. The number of nitrogens with two attached hydrogens (primary N) is 2. The van der Waals surface area contributed by atoms with Crippen molar-refractivity contribution in [1.29, 1.82) is 0 Å². The fourth-order valence-corrected chi connectivity index (χ4v) is 1.53. The maximum Gasteiger partial charge on any atom is 0.136 e. The molecule has 0 radical (unpaired) electrons. The molecule has 78 valence electrons. The Morgan fingerprint density at radius 2 is 1.87 bits per heavy atom. The van der Waals surface area contributed by atoms with Crippen LogP contribution in [0.2, 0.25) is 0 Å². The topological polar surface area (TPSA) is 72.3 Å². The number of anilines is 1. The van der Waals surface area contributed by atoms with Crippen LogP contribution < -0.4 is 11.5 Å². The molecule has 3 heteroatoms. The number of allylic oxidation sites excluding steroid dienone is 2. The van der Waals surface area contributed by atoms with Gasteiger partial charge in [-0.15, -0.1) is 0 Å². The number of benzene rings is 1. The van der Waals surface area contributed by atoms with E-state index in [4.69, 9.17) is 11.5 Å². The Kier molecular flexibility index (Phi) is 2.34. The summed E-state index contributed by atoms with van der Waals surface area (Å²) in [6.07, 6.45) is 5.79. The average Bonchev–Trinajstić information content (AvgIpc) is 2.20. The summed E-state index contributed by atoms with van der Waals surface area (Å²) < 4.78 is 0. The third-order valence-electron chi connectivity index (χ3n) is 2.44. The van der Waals surface area contributed by atoms with E-state index in [1.165, 1.54) is 0 Å². The quantitative estimate of drug-likeness (QED) is 0.474. The van der Waals surface area contributed by atoms with Crippen molar-refractivity contribution in [3.8, 4) is 0 Å². The average molecular weight is 202 g/mol. The van der Waals surface area contributed by atoms with Crippen molar-refractivity contribution in [2.24, 2.45) is 5.73 Å². The smallest absolute Gasteiger partial charge is 0.136 e. The van der Waals surface area contributed by atoms with Gasteiger partial charge in [-0.05, 0) is 29.3 Å². The molecule has 1 aromatic carbocycles. The summed E-state index contributed by atoms with van der Waals surface area (Å²) in [6.45, 7) is 0. The first kappa shape index (κ1) is 9.96. The molecule has 5 N–H and O–H groups in total. The maximum absolute atomic E-state index is 9.51. The molecule has 1 atom stereocenters. The van der Waals surface area contributed by atoms with Gasteiger partial charge in [-0.25, -0.2) is 0 Å². The Bertz CT molecular complexity index is 416. The first-order valence-corrected chi connectivity index (χ1v) is 4.83. The third-order valence-corrected chi connectivity index (χ3v) is 2.44. The van der Waals surface area contributed by atoms with Crippen LogP contribution in [0.4, 0.5) is 5.69 Å². The fourth-order valence-electron chi connectivity index (χ4n) is 1.53. The van der Waals surface area contributed by atoms with Crippen LogP contribution in [0, 0.1) is 0 Å². The molecule has 0 bridgehead atoms. The van der Waals surface area contributed by atoms with E-state index in [0.29, 0.717) is 6.42 Å². The number of aliphatic hydroxyl groups is 1. The van der Waals surface area contributed by atoms with Gasteiger partial charge in [-0.1, -0.05) is 24.3 Å². The number of rotatable bonds is 1. The molecule has 0 heterocycles. The minimum atomic E-state index is -1.20.